The SMILES string of the molecule is CC1CN2CCCC2CN1Cc1ccccc1N. The van der Waals surface area contributed by atoms with E-state index in [4.69, 9.17) is 5.73 Å². The standard InChI is InChI=1S/C15H23N3/c1-12-9-17-8-4-6-14(17)11-18(12)10-13-5-2-3-7-15(13)16/h2-3,5,7,12,14H,4,6,8-11,16H2,1H3. The third-order valence-corrected chi connectivity index (χ3v) is 4.49. The average Bonchev–Trinajstić information content (AvgIpc) is 2.79. The van der Waals surface area contributed by atoms with Crippen molar-refractivity contribution >= 4 is 5.69 Å². The summed E-state index contributed by atoms with van der Waals surface area (Å²) in [4.78, 5) is 5.26. The molecule has 0 amide bonds. The molecule has 0 saturated carbocycles. The van der Waals surface area contributed by atoms with Crippen LogP contribution in [0.5, 0.6) is 0 Å². The largest absolute Gasteiger partial charge is 0.398 e. The fourth-order valence-corrected chi connectivity index (χ4v) is 3.37. The topological polar surface area (TPSA) is 32.5 Å². The molecule has 3 rings (SSSR count). The van der Waals surface area contributed by atoms with Gasteiger partial charge in [-0.05, 0) is 37.9 Å². The van der Waals surface area contributed by atoms with Gasteiger partial charge in [0.05, 0.1) is 0 Å². The maximum absolute atomic E-state index is 6.05. The number of rotatable bonds is 2. The molecule has 2 aliphatic rings. The lowest BCUT2D eigenvalue weighted by molar-refractivity contribution is 0.0542. The van der Waals surface area contributed by atoms with Crippen LogP contribution in [0.25, 0.3) is 0 Å². The Labute approximate surface area is 110 Å². The molecule has 1 aromatic carbocycles. The van der Waals surface area contributed by atoms with Gasteiger partial charge in [0, 0.05) is 37.4 Å². The van der Waals surface area contributed by atoms with Crippen molar-refractivity contribution in [1.82, 2.24) is 9.80 Å². The molecule has 3 heteroatoms. The zero-order chi connectivity index (χ0) is 12.5. The highest BCUT2D eigenvalue weighted by Crippen LogP contribution is 2.26. The third kappa shape index (κ3) is 2.25. The maximum atomic E-state index is 6.05. The summed E-state index contributed by atoms with van der Waals surface area (Å²) in [7, 11) is 0. The van der Waals surface area contributed by atoms with Gasteiger partial charge in [-0.1, -0.05) is 18.2 Å². The molecule has 0 radical (unpaired) electrons. The first kappa shape index (κ1) is 12.0. The van der Waals surface area contributed by atoms with Crippen molar-refractivity contribution in [3.8, 4) is 0 Å². The number of anilines is 1. The summed E-state index contributed by atoms with van der Waals surface area (Å²) < 4.78 is 0. The van der Waals surface area contributed by atoms with E-state index in [1.165, 1.54) is 38.0 Å². The molecule has 0 aliphatic carbocycles. The smallest absolute Gasteiger partial charge is 0.0359 e. The highest BCUT2D eigenvalue weighted by molar-refractivity contribution is 5.46. The Balaban J connectivity index is 1.71. The summed E-state index contributed by atoms with van der Waals surface area (Å²) in [5, 5.41) is 0. The van der Waals surface area contributed by atoms with E-state index < -0.39 is 0 Å². The molecule has 2 fully saturated rings. The number of para-hydroxylation sites is 1. The molecule has 2 unspecified atom stereocenters. The van der Waals surface area contributed by atoms with Crippen molar-refractivity contribution in [2.75, 3.05) is 25.4 Å². The van der Waals surface area contributed by atoms with E-state index in [9.17, 15) is 0 Å². The fraction of sp³-hybridized carbons (Fsp3) is 0.600. The second kappa shape index (κ2) is 4.90. The Morgan fingerprint density at radius 1 is 1.28 bits per heavy atom. The molecule has 18 heavy (non-hydrogen) atoms. The van der Waals surface area contributed by atoms with Gasteiger partial charge in [-0.2, -0.15) is 0 Å². The third-order valence-electron chi connectivity index (χ3n) is 4.49. The summed E-state index contributed by atoms with van der Waals surface area (Å²) in [6, 6.07) is 9.68. The minimum Gasteiger partial charge on any atom is -0.398 e. The monoisotopic (exact) mass is 245 g/mol. The number of nitrogens with two attached hydrogens (primary N) is 1. The summed E-state index contributed by atoms with van der Waals surface area (Å²) in [6.07, 6.45) is 2.74. The van der Waals surface area contributed by atoms with Crippen molar-refractivity contribution in [2.24, 2.45) is 0 Å². The number of nitrogens with zero attached hydrogens (tertiary/aromatic N) is 2. The van der Waals surface area contributed by atoms with Crippen LogP contribution in [0.1, 0.15) is 25.3 Å². The Morgan fingerprint density at radius 3 is 2.94 bits per heavy atom. The van der Waals surface area contributed by atoms with Crippen LogP contribution in [0.3, 0.4) is 0 Å². The molecule has 1 aromatic rings. The zero-order valence-corrected chi connectivity index (χ0v) is 11.2. The normalized spacial score (nSPS) is 29.4. The Hall–Kier alpha value is -1.06. The van der Waals surface area contributed by atoms with Crippen LogP contribution < -0.4 is 5.73 Å². The van der Waals surface area contributed by atoms with E-state index in [2.05, 4.69) is 28.9 Å². The number of hydrogen-bond donors (Lipinski definition) is 1. The second-order valence-corrected chi connectivity index (χ2v) is 5.77. The molecule has 98 valence electrons. The van der Waals surface area contributed by atoms with Gasteiger partial charge in [-0.25, -0.2) is 0 Å². The van der Waals surface area contributed by atoms with E-state index in [0.29, 0.717) is 6.04 Å². The molecule has 3 nitrogen and oxygen atoms in total. The molecular formula is C15H23N3. The lowest BCUT2D eigenvalue weighted by atomic mass is 10.1. The number of hydrogen-bond acceptors (Lipinski definition) is 3. The molecule has 2 atom stereocenters. The predicted molar refractivity (Wildman–Crippen MR) is 75.3 cm³/mol. The van der Waals surface area contributed by atoms with E-state index in [1.807, 2.05) is 12.1 Å². The van der Waals surface area contributed by atoms with Crippen LogP contribution in [-0.4, -0.2) is 41.5 Å². The number of piperazine rings is 1. The first-order valence-corrected chi connectivity index (χ1v) is 7.05. The highest BCUT2D eigenvalue weighted by atomic mass is 15.3. The Kier molecular flexibility index (Phi) is 3.27. The lowest BCUT2D eigenvalue weighted by Gasteiger charge is -2.42. The summed E-state index contributed by atoms with van der Waals surface area (Å²) in [5.74, 6) is 0. The number of nitrogen functional groups attached to an aromatic ring is 1. The van der Waals surface area contributed by atoms with Gasteiger partial charge in [-0.15, -0.1) is 0 Å². The quantitative estimate of drug-likeness (QED) is 0.808. The molecule has 2 aliphatic heterocycles. The van der Waals surface area contributed by atoms with Crippen molar-refractivity contribution in [3.05, 3.63) is 29.8 Å². The van der Waals surface area contributed by atoms with Crippen LogP contribution >= 0.6 is 0 Å². The van der Waals surface area contributed by atoms with Gasteiger partial charge in [0.2, 0.25) is 0 Å². The van der Waals surface area contributed by atoms with Crippen LogP contribution in [-0.2, 0) is 6.54 Å². The minimum absolute atomic E-state index is 0.638. The average molecular weight is 245 g/mol. The number of fused-ring (bicyclic) bond motifs is 1. The first-order chi connectivity index (χ1) is 8.74. The van der Waals surface area contributed by atoms with Gasteiger partial charge in [-0.3, -0.25) is 9.80 Å². The van der Waals surface area contributed by atoms with E-state index >= 15 is 0 Å². The zero-order valence-electron chi connectivity index (χ0n) is 11.2. The van der Waals surface area contributed by atoms with Crippen LogP contribution in [0.2, 0.25) is 0 Å². The van der Waals surface area contributed by atoms with Gasteiger partial charge in [0.15, 0.2) is 0 Å². The van der Waals surface area contributed by atoms with Gasteiger partial charge < -0.3 is 5.73 Å². The molecule has 2 N–H and O–H groups in total. The lowest BCUT2D eigenvalue weighted by Crippen LogP contribution is -2.54. The number of benzene rings is 1. The van der Waals surface area contributed by atoms with E-state index in [0.717, 1.165) is 18.3 Å². The second-order valence-electron chi connectivity index (χ2n) is 5.77. The van der Waals surface area contributed by atoms with E-state index in [-0.39, 0.29) is 0 Å². The molecule has 2 heterocycles. The molecule has 0 bridgehead atoms. The van der Waals surface area contributed by atoms with Crippen LogP contribution in [0, 0.1) is 0 Å². The van der Waals surface area contributed by atoms with E-state index in [1.54, 1.807) is 0 Å². The summed E-state index contributed by atoms with van der Waals surface area (Å²) >= 11 is 0. The Bertz CT molecular complexity index is 418. The summed E-state index contributed by atoms with van der Waals surface area (Å²) in [6.45, 7) is 7.06. The van der Waals surface area contributed by atoms with Gasteiger partial charge >= 0.3 is 0 Å². The summed E-state index contributed by atoms with van der Waals surface area (Å²) in [5.41, 5.74) is 8.26. The van der Waals surface area contributed by atoms with Gasteiger partial charge in [0.25, 0.3) is 0 Å². The van der Waals surface area contributed by atoms with Crippen molar-refractivity contribution in [3.63, 3.8) is 0 Å². The van der Waals surface area contributed by atoms with Crippen molar-refractivity contribution in [2.45, 2.75) is 38.4 Å². The fourth-order valence-electron chi connectivity index (χ4n) is 3.37. The van der Waals surface area contributed by atoms with Crippen molar-refractivity contribution in [1.29, 1.82) is 0 Å². The Morgan fingerprint density at radius 2 is 2.11 bits per heavy atom. The molecular weight excluding hydrogens is 222 g/mol. The molecule has 0 aromatic heterocycles. The van der Waals surface area contributed by atoms with Crippen molar-refractivity contribution < 1.29 is 0 Å². The highest BCUT2D eigenvalue weighted by Gasteiger charge is 2.34. The minimum atomic E-state index is 0.638. The van der Waals surface area contributed by atoms with Gasteiger partial charge in [0.1, 0.15) is 0 Å². The molecule has 0 spiro atoms. The van der Waals surface area contributed by atoms with Crippen LogP contribution in [0.4, 0.5) is 5.69 Å². The van der Waals surface area contributed by atoms with Crippen LogP contribution in [0.15, 0.2) is 24.3 Å². The predicted octanol–water partition coefficient (Wildman–Crippen LogP) is 1.94. The maximum Gasteiger partial charge on any atom is 0.0359 e. The molecule has 2 saturated heterocycles. The first-order valence-electron chi connectivity index (χ1n) is 7.05.